The molecule has 35 heavy (non-hydrogen) atoms. The highest BCUT2D eigenvalue weighted by Gasteiger charge is 2.35. The minimum Gasteiger partial charge on any atom is -0.481 e. The number of nitrogens with zero attached hydrogens (tertiary/aromatic N) is 1. The van der Waals surface area contributed by atoms with Crippen LogP contribution in [0.15, 0.2) is 48.5 Å². The number of fused-ring (bicyclic) bond motifs is 3. The second-order valence-corrected chi connectivity index (χ2v) is 11.7. The summed E-state index contributed by atoms with van der Waals surface area (Å²) < 4.78 is 17.5. The zero-order valence-corrected chi connectivity index (χ0v) is 20.7. The number of hydrogen-bond donors (Lipinski definition) is 2. The topological polar surface area (TPSA) is 113 Å². The van der Waals surface area contributed by atoms with E-state index in [1.807, 2.05) is 62.4 Å². The third kappa shape index (κ3) is 5.40. The SMILES string of the molecule is CC1(C)CCN(C(=O)C(CC(=O)O)NC(=O)OCC2c3ccccc3-c3ccccc32)CCS1=O. The minimum atomic E-state index is -1.27. The van der Waals surface area contributed by atoms with Crippen molar-refractivity contribution in [1.29, 1.82) is 0 Å². The van der Waals surface area contributed by atoms with Crippen LogP contribution in [0.1, 0.15) is 43.7 Å². The normalized spacial score (nSPS) is 19.7. The molecule has 2 N–H and O–H groups in total. The average Bonchev–Trinajstić information content (AvgIpc) is 3.07. The Labute approximate surface area is 207 Å². The van der Waals surface area contributed by atoms with E-state index >= 15 is 0 Å². The molecule has 2 aromatic rings. The monoisotopic (exact) mass is 498 g/mol. The smallest absolute Gasteiger partial charge is 0.407 e. The first-order chi connectivity index (χ1) is 16.7. The molecule has 0 saturated carbocycles. The van der Waals surface area contributed by atoms with Gasteiger partial charge >= 0.3 is 12.1 Å². The van der Waals surface area contributed by atoms with Gasteiger partial charge in [-0.1, -0.05) is 48.5 Å². The van der Waals surface area contributed by atoms with Crippen LogP contribution < -0.4 is 5.32 Å². The standard InChI is InChI=1S/C26H30N2O6S/c1-26(2)11-12-28(13-14-35(26)33)24(31)22(15-23(29)30)27-25(32)34-16-21-19-9-5-3-7-17(19)18-8-4-6-10-20(18)21/h3-10,21-22H,11-16H2,1-2H3,(H,27,32)(H,29,30). The summed E-state index contributed by atoms with van der Waals surface area (Å²) in [6, 6.07) is 14.6. The van der Waals surface area contributed by atoms with Crippen molar-refractivity contribution in [3.8, 4) is 11.1 Å². The van der Waals surface area contributed by atoms with Gasteiger partial charge < -0.3 is 20.1 Å². The summed E-state index contributed by atoms with van der Waals surface area (Å²) in [5, 5.41) is 11.8. The zero-order chi connectivity index (χ0) is 25.2. The number of carbonyl (C=O) groups is 3. The molecule has 4 rings (SSSR count). The quantitative estimate of drug-likeness (QED) is 0.633. The minimum absolute atomic E-state index is 0.0602. The Bertz CT molecular complexity index is 1120. The molecule has 0 aromatic heterocycles. The van der Waals surface area contributed by atoms with Gasteiger partial charge in [0.1, 0.15) is 12.6 Å². The lowest BCUT2D eigenvalue weighted by Gasteiger charge is -2.26. The first kappa shape index (κ1) is 24.9. The van der Waals surface area contributed by atoms with E-state index in [9.17, 15) is 23.7 Å². The summed E-state index contributed by atoms with van der Waals surface area (Å²) >= 11 is 0. The van der Waals surface area contributed by atoms with E-state index < -0.39 is 46.0 Å². The Balaban J connectivity index is 1.43. The van der Waals surface area contributed by atoms with Crippen LogP contribution in [0.3, 0.4) is 0 Å². The number of carboxylic acid groups (broad SMARTS) is 1. The van der Waals surface area contributed by atoms with Gasteiger partial charge in [0.15, 0.2) is 0 Å². The van der Waals surface area contributed by atoms with Crippen LogP contribution in [0.5, 0.6) is 0 Å². The summed E-state index contributed by atoms with van der Waals surface area (Å²) in [7, 11) is -1.10. The van der Waals surface area contributed by atoms with Crippen molar-refractivity contribution in [1.82, 2.24) is 10.2 Å². The van der Waals surface area contributed by atoms with Gasteiger partial charge in [-0.2, -0.15) is 0 Å². The summed E-state index contributed by atoms with van der Waals surface area (Å²) in [5.41, 5.74) is 4.30. The van der Waals surface area contributed by atoms with Gasteiger partial charge in [0.05, 0.1) is 6.42 Å². The Morgan fingerprint density at radius 2 is 1.69 bits per heavy atom. The second kappa shape index (κ2) is 10.2. The molecule has 0 spiro atoms. The molecule has 1 aliphatic heterocycles. The number of rotatable bonds is 6. The lowest BCUT2D eigenvalue weighted by molar-refractivity contribution is -0.142. The Kier molecular flexibility index (Phi) is 7.25. The molecular weight excluding hydrogens is 468 g/mol. The van der Waals surface area contributed by atoms with Gasteiger partial charge in [-0.15, -0.1) is 0 Å². The fourth-order valence-corrected chi connectivity index (χ4v) is 5.95. The van der Waals surface area contributed by atoms with Crippen molar-refractivity contribution >= 4 is 28.8 Å². The fraction of sp³-hybridized carbons (Fsp3) is 0.423. The fourth-order valence-electron chi connectivity index (χ4n) is 4.70. The molecule has 9 heteroatoms. The molecule has 0 bridgehead atoms. The molecule has 2 amide bonds. The Morgan fingerprint density at radius 3 is 2.29 bits per heavy atom. The first-order valence-electron chi connectivity index (χ1n) is 11.7. The average molecular weight is 499 g/mol. The number of benzene rings is 2. The van der Waals surface area contributed by atoms with Crippen molar-refractivity contribution in [2.24, 2.45) is 0 Å². The van der Waals surface area contributed by atoms with Crippen LogP contribution in [-0.2, 0) is 25.1 Å². The van der Waals surface area contributed by atoms with E-state index in [0.717, 1.165) is 22.3 Å². The van der Waals surface area contributed by atoms with Crippen molar-refractivity contribution < 1.29 is 28.4 Å². The zero-order valence-electron chi connectivity index (χ0n) is 19.9. The van der Waals surface area contributed by atoms with Crippen LogP contribution in [0.4, 0.5) is 4.79 Å². The number of aliphatic carboxylic acids is 1. The molecule has 2 aliphatic rings. The van der Waals surface area contributed by atoms with E-state index in [2.05, 4.69) is 5.32 Å². The van der Waals surface area contributed by atoms with E-state index in [1.165, 1.54) is 4.90 Å². The Morgan fingerprint density at radius 1 is 1.09 bits per heavy atom. The van der Waals surface area contributed by atoms with Crippen LogP contribution in [0.2, 0.25) is 0 Å². The van der Waals surface area contributed by atoms with Crippen molar-refractivity contribution in [3.63, 3.8) is 0 Å². The second-order valence-electron chi connectivity index (χ2n) is 9.50. The van der Waals surface area contributed by atoms with Gasteiger partial charge in [0.25, 0.3) is 0 Å². The maximum atomic E-state index is 13.1. The molecular formula is C26H30N2O6S. The molecule has 2 aromatic carbocycles. The number of nitrogens with one attached hydrogen (secondary N) is 1. The predicted octanol–water partition coefficient (Wildman–Crippen LogP) is 3.13. The highest BCUT2D eigenvalue weighted by Crippen LogP contribution is 2.44. The lowest BCUT2D eigenvalue weighted by atomic mass is 9.98. The van der Waals surface area contributed by atoms with Crippen molar-refractivity contribution in [2.75, 3.05) is 25.4 Å². The molecule has 0 radical (unpaired) electrons. The molecule has 1 saturated heterocycles. The van der Waals surface area contributed by atoms with Gasteiger partial charge in [-0.3, -0.25) is 13.8 Å². The van der Waals surface area contributed by atoms with Gasteiger partial charge in [-0.05, 0) is 42.5 Å². The number of alkyl carbamates (subject to hydrolysis) is 1. The van der Waals surface area contributed by atoms with Crippen LogP contribution in [0, 0.1) is 0 Å². The number of carbonyl (C=O) groups excluding carboxylic acids is 2. The van der Waals surface area contributed by atoms with Gasteiger partial charge in [-0.25, -0.2) is 4.79 Å². The van der Waals surface area contributed by atoms with Gasteiger partial charge in [0.2, 0.25) is 5.91 Å². The van der Waals surface area contributed by atoms with Crippen LogP contribution in [-0.4, -0.2) is 68.4 Å². The van der Waals surface area contributed by atoms with E-state index in [-0.39, 0.29) is 19.1 Å². The van der Waals surface area contributed by atoms with Crippen LogP contribution in [0.25, 0.3) is 11.1 Å². The molecule has 1 aliphatic carbocycles. The maximum absolute atomic E-state index is 13.1. The van der Waals surface area contributed by atoms with E-state index in [1.54, 1.807) is 0 Å². The summed E-state index contributed by atoms with van der Waals surface area (Å²) in [4.78, 5) is 38.7. The van der Waals surface area contributed by atoms with Gasteiger partial charge in [0, 0.05) is 40.3 Å². The largest absolute Gasteiger partial charge is 0.481 e. The molecule has 2 atom stereocenters. The third-order valence-corrected chi connectivity index (χ3v) is 8.76. The molecule has 2 unspecified atom stereocenters. The van der Waals surface area contributed by atoms with E-state index in [0.29, 0.717) is 18.7 Å². The van der Waals surface area contributed by atoms with Crippen molar-refractivity contribution in [3.05, 3.63) is 59.7 Å². The highest BCUT2D eigenvalue weighted by atomic mass is 32.2. The maximum Gasteiger partial charge on any atom is 0.407 e. The predicted molar refractivity (Wildman–Crippen MR) is 133 cm³/mol. The summed E-state index contributed by atoms with van der Waals surface area (Å²) in [6.07, 6.45) is -0.882. The number of hydrogen-bond acceptors (Lipinski definition) is 5. The highest BCUT2D eigenvalue weighted by molar-refractivity contribution is 7.86. The van der Waals surface area contributed by atoms with E-state index in [4.69, 9.17) is 4.74 Å². The summed E-state index contributed by atoms with van der Waals surface area (Å²) in [5.74, 6) is -1.55. The molecule has 1 heterocycles. The third-order valence-electron chi connectivity index (χ3n) is 6.77. The molecule has 1 fully saturated rings. The first-order valence-corrected chi connectivity index (χ1v) is 13.0. The number of carboxylic acids is 1. The number of amides is 2. The lowest BCUT2D eigenvalue weighted by Crippen LogP contribution is -2.50. The summed E-state index contributed by atoms with van der Waals surface area (Å²) in [6.45, 7) is 4.43. The van der Waals surface area contributed by atoms with Crippen molar-refractivity contribution in [2.45, 2.75) is 43.4 Å². The number of ether oxygens (including phenoxy) is 1. The molecule has 186 valence electrons. The molecule has 8 nitrogen and oxygen atoms in total. The van der Waals surface area contributed by atoms with Crippen LogP contribution >= 0.6 is 0 Å². The Hall–Kier alpha value is -3.20.